The predicted molar refractivity (Wildman–Crippen MR) is 90.7 cm³/mol. The van der Waals surface area contributed by atoms with E-state index in [1.54, 1.807) is 24.1 Å². The molecule has 1 aliphatic rings. The molecule has 0 spiro atoms. The van der Waals surface area contributed by atoms with Crippen LogP contribution in [0, 0.1) is 0 Å². The number of benzene rings is 1. The Kier molecular flexibility index (Phi) is 6.26. The average Bonchev–Trinajstić information content (AvgIpc) is 2.62. The third-order valence-electron chi connectivity index (χ3n) is 3.80. The van der Waals surface area contributed by atoms with Crippen molar-refractivity contribution in [3.63, 3.8) is 0 Å². The molecule has 1 heterocycles. The molecule has 128 valence electrons. The van der Waals surface area contributed by atoms with Crippen LogP contribution in [0.2, 0.25) is 0 Å². The summed E-state index contributed by atoms with van der Waals surface area (Å²) in [6.07, 6.45) is 2.64. The van der Waals surface area contributed by atoms with Crippen molar-refractivity contribution in [2.75, 3.05) is 13.7 Å². The van der Waals surface area contributed by atoms with E-state index in [4.69, 9.17) is 4.74 Å². The SMILES string of the molecule is C=CCN1C(=O)[C@H](OCc2ccccc2)[C@@H]1C=NC(C)C(=O)OC. The number of amides is 1. The van der Waals surface area contributed by atoms with Crippen molar-refractivity contribution in [2.24, 2.45) is 4.99 Å². The van der Waals surface area contributed by atoms with Gasteiger partial charge in [0, 0.05) is 12.8 Å². The highest BCUT2D eigenvalue weighted by molar-refractivity contribution is 5.96. The molecule has 1 saturated heterocycles. The molecule has 1 amide bonds. The van der Waals surface area contributed by atoms with E-state index < -0.39 is 18.1 Å². The molecule has 0 saturated carbocycles. The van der Waals surface area contributed by atoms with Crippen molar-refractivity contribution in [3.8, 4) is 0 Å². The highest BCUT2D eigenvalue weighted by atomic mass is 16.5. The van der Waals surface area contributed by atoms with Crippen LogP contribution in [-0.2, 0) is 25.7 Å². The van der Waals surface area contributed by atoms with E-state index in [2.05, 4.69) is 16.3 Å². The maximum atomic E-state index is 12.2. The highest BCUT2D eigenvalue weighted by Crippen LogP contribution is 2.23. The first-order valence-electron chi connectivity index (χ1n) is 7.76. The summed E-state index contributed by atoms with van der Waals surface area (Å²) in [6.45, 7) is 6.05. The van der Waals surface area contributed by atoms with Crippen molar-refractivity contribution < 1.29 is 19.1 Å². The predicted octanol–water partition coefficient (Wildman–Crippen LogP) is 1.60. The molecule has 1 aromatic rings. The molecule has 1 unspecified atom stereocenters. The molecule has 1 fully saturated rings. The summed E-state index contributed by atoms with van der Waals surface area (Å²) in [5.74, 6) is -0.526. The van der Waals surface area contributed by atoms with Gasteiger partial charge in [-0.25, -0.2) is 4.79 Å². The van der Waals surface area contributed by atoms with Gasteiger partial charge in [0.25, 0.3) is 5.91 Å². The summed E-state index contributed by atoms with van der Waals surface area (Å²) in [5, 5.41) is 0. The van der Waals surface area contributed by atoms with Crippen molar-refractivity contribution in [3.05, 3.63) is 48.6 Å². The molecular formula is C18H22N2O4. The van der Waals surface area contributed by atoms with Crippen molar-refractivity contribution in [2.45, 2.75) is 31.7 Å². The van der Waals surface area contributed by atoms with Gasteiger partial charge in [0.15, 0.2) is 6.10 Å². The summed E-state index contributed by atoms with van der Waals surface area (Å²) >= 11 is 0. The number of rotatable bonds is 8. The first-order valence-corrected chi connectivity index (χ1v) is 7.76. The number of methoxy groups -OCH3 is 1. The second-order valence-electron chi connectivity index (χ2n) is 5.48. The molecular weight excluding hydrogens is 308 g/mol. The second-order valence-corrected chi connectivity index (χ2v) is 5.48. The van der Waals surface area contributed by atoms with E-state index in [-0.39, 0.29) is 11.9 Å². The van der Waals surface area contributed by atoms with E-state index >= 15 is 0 Å². The molecule has 1 aromatic carbocycles. The number of likely N-dealkylation sites (tertiary alicyclic amines) is 1. The molecule has 2 rings (SSSR count). The fourth-order valence-corrected chi connectivity index (χ4v) is 2.43. The number of esters is 1. The summed E-state index contributed by atoms with van der Waals surface area (Å²) in [4.78, 5) is 29.4. The number of carbonyl (C=O) groups excluding carboxylic acids is 2. The Bertz CT molecular complexity index is 615. The molecule has 0 radical (unpaired) electrons. The van der Waals surface area contributed by atoms with E-state index in [0.717, 1.165) is 5.56 Å². The first-order chi connectivity index (χ1) is 11.6. The van der Waals surface area contributed by atoms with Gasteiger partial charge in [0.05, 0.1) is 13.7 Å². The lowest BCUT2D eigenvalue weighted by atomic mass is 9.98. The Morgan fingerprint density at radius 1 is 1.42 bits per heavy atom. The molecule has 3 atom stereocenters. The van der Waals surface area contributed by atoms with Gasteiger partial charge in [0.2, 0.25) is 0 Å². The van der Waals surface area contributed by atoms with Crippen molar-refractivity contribution in [1.82, 2.24) is 4.90 Å². The first kappa shape index (κ1) is 17.9. The Balaban J connectivity index is 2.02. The summed E-state index contributed by atoms with van der Waals surface area (Å²) in [5.41, 5.74) is 0.992. The second kappa shape index (κ2) is 8.40. The molecule has 6 heteroatoms. The van der Waals surface area contributed by atoms with Crippen LogP contribution in [0.1, 0.15) is 12.5 Å². The van der Waals surface area contributed by atoms with Crippen molar-refractivity contribution >= 4 is 18.1 Å². The minimum absolute atomic E-state index is 0.104. The van der Waals surface area contributed by atoms with Crippen LogP contribution >= 0.6 is 0 Å². The van der Waals surface area contributed by atoms with E-state index in [1.807, 2.05) is 30.3 Å². The number of nitrogens with zero attached hydrogens (tertiary/aromatic N) is 2. The quantitative estimate of drug-likeness (QED) is 0.314. The molecule has 24 heavy (non-hydrogen) atoms. The van der Waals surface area contributed by atoms with E-state index in [9.17, 15) is 9.59 Å². The van der Waals surface area contributed by atoms with Crippen LogP contribution in [0.15, 0.2) is 48.0 Å². The molecule has 0 aromatic heterocycles. The normalized spacial score (nSPS) is 21.4. The van der Waals surface area contributed by atoms with Crippen LogP contribution in [0.25, 0.3) is 0 Å². The molecule has 0 bridgehead atoms. The lowest BCUT2D eigenvalue weighted by Gasteiger charge is -2.44. The highest BCUT2D eigenvalue weighted by Gasteiger charge is 2.46. The standard InChI is InChI=1S/C18H22N2O4/c1-4-10-20-15(11-19-13(2)18(22)23-3)16(17(20)21)24-12-14-8-6-5-7-9-14/h4-9,11,13,15-16H,1,10,12H2,2-3H3/t13?,15-,16+/m0/s1. The smallest absolute Gasteiger partial charge is 0.330 e. The number of hydrogen-bond acceptors (Lipinski definition) is 5. The summed E-state index contributed by atoms with van der Waals surface area (Å²) in [6, 6.07) is 8.70. The van der Waals surface area contributed by atoms with Gasteiger partial charge in [-0.1, -0.05) is 36.4 Å². The maximum Gasteiger partial charge on any atom is 0.330 e. The fraction of sp³-hybridized carbons (Fsp3) is 0.389. The minimum atomic E-state index is -0.619. The molecule has 0 aliphatic carbocycles. The lowest BCUT2D eigenvalue weighted by molar-refractivity contribution is -0.167. The average molecular weight is 330 g/mol. The van der Waals surface area contributed by atoms with Gasteiger partial charge in [-0.2, -0.15) is 0 Å². The Morgan fingerprint density at radius 2 is 2.12 bits per heavy atom. The van der Waals surface area contributed by atoms with Gasteiger partial charge < -0.3 is 14.4 Å². The zero-order valence-electron chi connectivity index (χ0n) is 13.9. The van der Waals surface area contributed by atoms with Gasteiger partial charge in [-0.3, -0.25) is 9.79 Å². The number of carbonyl (C=O) groups is 2. The topological polar surface area (TPSA) is 68.2 Å². The number of aliphatic imine (C=N–C) groups is 1. The fourth-order valence-electron chi connectivity index (χ4n) is 2.43. The largest absolute Gasteiger partial charge is 0.467 e. The van der Waals surface area contributed by atoms with Crippen LogP contribution in [0.4, 0.5) is 0 Å². The van der Waals surface area contributed by atoms with Crippen LogP contribution in [0.3, 0.4) is 0 Å². The van der Waals surface area contributed by atoms with Crippen LogP contribution in [0.5, 0.6) is 0 Å². The third-order valence-corrected chi connectivity index (χ3v) is 3.80. The van der Waals surface area contributed by atoms with Crippen LogP contribution in [-0.4, -0.2) is 54.8 Å². The number of β-lactam (4-membered cyclic amide) rings is 1. The third kappa shape index (κ3) is 4.08. The Hall–Kier alpha value is -2.47. The monoisotopic (exact) mass is 330 g/mol. The van der Waals surface area contributed by atoms with Gasteiger partial charge in [-0.15, -0.1) is 6.58 Å². The molecule has 6 nitrogen and oxygen atoms in total. The molecule has 0 N–H and O–H groups in total. The lowest BCUT2D eigenvalue weighted by Crippen LogP contribution is -2.66. The summed E-state index contributed by atoms with van der Waals surface area (Å²) < 4.78 is 10.4. The number of ether oxygens (including phenoxy) is 2. The summed E-state index contributed by atoms with van der Waals surface area (Å²) in [7, 11) is 1.32. The number of hydrogen-bond donors (Lipinski definition) is 0. The zero-order chi connectivity index (χ0) is 17.5. The Labute approximate surface area is 141 Å². The van der Waals surface area contributed by atoms with E-state index in [1.165, 1.54) is 7.11 Å². The zero-order valence-corrected chi connectivity index (χ0v) is 13.9. The van der Waals surface area contributed by atoms with E-state index in [0.29, 0.717) is 13.2 Å². The Morgan fingerprint density at radius 3 is 2.75 bits per heavy atom. The van der Waals surface area contributed by atoms with Gasteiger partial charge in [-0.05, 0) is 12.5 Å². The van der Waals surface area contributed by atoms with Crippen LogP contribution < -0.4 is 0 Å². The van der Waals surface area contributed by atoms with Gasteiger partial charge >= 0.3 is 5.97 Å². The minimum Gasteiger partial charge on any atom is -0.467 e. The maximum absolute atomic E-state index is 12.2. The van der Waals surface area contributed by atoms with Crippen molar-refractivity contribution in [1.29, 1.82) is 0 Å². The van der Waals surface area contributed by atoms with Gasteiger partial charge in [0.1, 0.15) is 12.1 Å². The molecule has 1 aliphatic heterocycles.